The van der Waals surface area contributed by atoms with Crippen molar-refractivity contribution in [3.05, 3.63) is 0 Å². The van der Waals surface area contributed by atoms with E-state index in [2.05, 4.69) is 9.47 Å². The van der Waals surface area contributed by atoms with Crippen LogP contribution in [0.3, 0.4) is 0 Å². The van der Waals surface area contributed by atoms with E-state index in [1.165, 1.54) is 14.2 Å². The summed E-state index contributed by atoms with van der Waals surface area (Å²) in [6.45, 7) is 1.19. The molecule has 0 radical (unpaired) electrons. The van der Waals surface area contributed by atoms with Crippen LogP contribution in [-0.4, -0.2) is 37.5 Å². The van der Waals surface area contributed by atoms with Crippen LogP contribution in [0.25, 0.3) is 0 Å². The zero-order valence-corrected chi connectivity index (χ0v) is 9.17. The van der Waals surface area contributed by atoms with Gasteiger partial charge in [0.25, 0.3) is 6.48 Å². The van der Waals surface area contributed by atoms with Gasteiger partial charge in [-0.25, -0.2) is 0 Å². The Morgan fingerprint density at radius 1 is 1.33 bits per heavy atom. The molecule has 0 atom stereocenters. The van der Waals surface area contributed by atoms with Gasteiger partial charge >= 0.3 is 23.7 Å². The molecule has 0 amide bonds. The van der Waals surface area contributed by atoms with Gasteiger partial charge in [-0.1, -0.05) is 6.92 Å². The van der Waals surface area contributed by atoms with Crippen molar-refractivity contribution < 1.29 is 43.4 Å². The summed E-state index contributed by atoms with van der Waals surface area (Å²) in [4.78, 5) is 0. The molecule has 0 heterocycles. The molecule has 0 saturated carbocycles. The van der Waals surface area contributed by atoms with Gasteiger partial charge in [0.15, 0.2) is 0 Å². The number of rotatable bonds is 3. The molecule has 0 rings (SSSR count). The van der Waals surface area contributed by atoms with Crippen LogP contribution in [0, 0.1) is 0 Å². The summed E-state index contributed by atoms with van der Waals surface area (Å²) in [5.74, 6) is 0. The number of aliphatic hydroxyl groups is 2. The third-order valence-electron chi connectivity index (χ3n) is 0.627. The monoisotopic (exact) mass is 216 g/mol. The predicted octanol–water partition coefficient (Wildman–Crippen LogP) is -0.177. The molecule has 0 aliphatic rings. The minimum atomic E-state index is -1.06. The number of aliphatic hydroxyl groups excluding tert-OH is 2. The van der Waals surface area contributed by atoms with Crippen LogP contribution >= 0.6 is 0 Å². The molecular weight excluding hydrogens is 200 g/mol. The van der Waals surface area contributed by atoms with Gasteiger partial charge in [-0.2, -0.15) is 0 Å². The number of methoxy groups -OCH3 is 2. The standard InChI is InChI=1S/C3H8O3.C3H8O.O.Ti/c1-5-3(4)6-2;1-2-3-4;;/h3-4H,1-2H3;4H,2-3H2,1H3;;. The van der Waals surface area contributed by atoms with Gasteiger partial charge in [0.1, 0.15) is 0 Å². The molecule has 0 saturated heterocycles. The van der Waals surface area contributed by atoms with E-state index in [0.29, 0.717) is 6.61 Å². The number of ether oxygens (including phenoxy) is 2. The first-order valence-electron chi connectivity index (χ1n) is 3.27. The van der Waals surface area contributed by atoms with Crippen LogP contribution in [-0.2, 0) is 33.2 Å². The molecule has 0 aromatic carbocycles. The summed E-state index contributed by atoms with van der Waals surface area (Å²) < 4.78 is 16.7. The first-order chi connectivity index (χ1) is 5.72. The van der Waals surface area contributed by atoms with Gasteiger partial charge in [-0.3, -0.25) is 0 Å². The van der Waals surface area contributed by atoms with E-state index < -0.39 is 6.48 Å². The predicted molar refractivity (Wildman–Crippen MR) is 38.1 cm³/mol. The van der Waals surface area contributed by atoms with Crippen LogP contribution in [0.4, 0.5) is 0 Å². The molecular formula is C6H16O5Ti. The van der Waals surface area contributed by atoms with E-state index in [0.717, 1.165) is 26.8 Å². The average Bonchev–Trinajstić information content (AvgIpc) is 2.20. The van der Waals surface area contributed by atoms with Crippen molar-refractivity contribution >= 4 is 0 Å². The van der Waals surface area contributed by atoms with E-state index in [4.69, 9.17) is 13.5 Å². The fourth-order valence-electron chi connectivity index (χ4n) is 0.0962. The summed E-state index contributed by atoms with van der Waals surface area (Å²) >= 11 is 0.750. The molecule has 2 N–H and O–H groups in total. The van der Waals surface area contributed by atoms with Crippen molar-refractivity contribution in [2.45, 2.75) is 19.8 Å². The molecule has 0 bridgehead atoms. The van der Waals surface area contributed by atoms with Crippen LogP contribution in [0.2, 0.25) is 0 Å². The van der Waals surface area contributed by atoms with Crippen molar-refractivity contribution in [1.29, 1.82) is 0 Å². The number of hydrogen-bond donors (Lipinski definition) is 2. The molecule has 12 heavy (non-hydrogen) atoms. The van der Waals surface area contributed by atoms with Gasteiger partial charge in [-0.15, -0.1) is 0 Å². The Labute approximate surface area is 84.4 Å². The van der Waals surface area contributed by atoms with Crippen LogP contribution < -0.4 is 0 Å². The second kappa shape index (κ2) is 22.5. The third-order valence-corrected chi connectivity index (χ3v) is 0.627. The topological polar surface area (TPSA) is 76.0 Å². The second-order valence-corrected chi connectivity index (χ2v) is 1.50. The Morgan fingerprint density at radius 3 is 1.58 bits per heavy atom. The van der Waals surface area contributed by atoms with E-state index in [9.17, 15) is 0 Å². The van der Waals surface area contributed by atoms with Crippen LogP contribution in [0.15, 0.2) is 0 Å². The summed E-state index contributed by atoms with van der Waals surface area (Å²) in [6.07, 6.45) is 0.875. The normalized spacial score (nSPS) is 7.75. The van der Waals surface area contributed by atoms with E-state index in [1.807, 2.05) is 6.92 Å². The van der Waals surface area contributed by atoms with Gasteiger partial charge < -0.3 is 19.7 Å². The maximum atomic E-state index is 8.25. The molecule has 0 aromatic rings. The molecule has 0 unspecified atom stereocenters. The summed E-state index contributed by atoms with van der Waals surface area (Å²) in [5, 5.41) is 16.1. The fourth-order valence-corrected chi connectivity index (χ4v) is 0.0962. The van der Waals surface area contributed by atoms with Crippen molar-refractivity contribution in [2.24, 2.45) is 0 Å². The molecule has 0 aliphatic heterocycles. The Kier molecular flexibility index (Phi) is 34.1. The molecule has 6 heteroatoms. The Morgan fingerprint density at radius 2 is 1.58 bits per heavy atom. The molecule has 0 spiro atoms. The van der Waals surface area contributed by atoms with Crippen molar-refractivity contribution in [3.63, 3.8) is 0 Å². The Bertz CT molecular complexity index is 57.9. The zero-order valence-electron chi connectivity index (χ0n) is 7.61. The molecule has 0 aliphatic carbocycles. The third kappa shape index (κ3) is 31.6. The van der Waals surface area contributed by atoms with Gasteiger partial charge in [0.2, 0.25) is 0 Å². The summed E-state index contributed by atoms with van der Waals surface area (Å²) in [6, 6.07) is 0. The quantitative estimate of drug-likeness (QED) is 0.505. The SMILES string of the molecule is CCCO.COC(O)OC.[O]=[Ti]. The first-order valence-corrected chi connectivity index (χ1v) is 3.91. The summed E-state index contributed by atoms with van der Waals surface area (Å²) in [5.41, 5.74) is 0. The average molecular weight is 216 g/mol. The van der Waals surface area contributed by atoms with Gasteiger partial charge in [0.05, 0.1) is 0 Å². The van der Waals surface area contributed by atoms with Crippen molar-refractivity contribution in [2.75, 3.05) is 20.8 Å². The molecule has 5 nitrogen and oxygen atoms in total. The number of hydrogen-bond acceptors (Lipinski definition) is 5. The van der Waals surface area contributed by atoms with Gasteiger partial charge in [-0.05, 0) is 6.42 Å². The van der Waals surface area contributed by atoms with Gasteiger partial charge in [0, 0.05) is 20.8 Å². The summed E-state index contributed by atoms with van der Waals surface area (Å²) in [7, 11) is 2.71. The van der Waals surface area contributed by atoms with Crippen LogP contribution in [0.5, 0.6) is 0 Å². The van der Waals surface area contributed by atoms with Crippen molar-refractivity contribution in [3.8, 4) is 0 Å². The molecule has 0 fully saturated rings. The first kappa shape index (κ1) is 18.2. The van der Waals surface area contributed by atoms with Crippen molar-refractivity contribution in [1.82, 2.24) is 0 Å². The maximum absolute atomic E-state index is 8.25. The second-order valence-electron chi connectivity index (χ2n) is 1.50. The van der Waals surface area contributed by atoms with E-state index in [1.54, 1.807) is 0 Å². The van der Waals surface area contributed by atoms with Crippen LogP contribution in [0.1, 0.15) is 13.3 Å². The molecule has 0 aromatic heterocycles. The fraction of sp³-hybridized carbons (Fsp3) is 1.00. The van der Waals surface area contributed by atoms with E-state index in [-0.39, 0.29) is 0 Å². The Hall–Kier alpha value is 0.354. The minimum absolute atomic E-state index is 0.319. The Balaban J connectivity index is -0.000000118. The zero-order chi connectivity index (χ0) is 10.4. The van der Waals surface area contributed by atoms with E-state index >= 15 is 0 Å². The molecule has 74 valence electrons.